The molecule has 0 aromatic heterocycles. The molecular formula is C13H16F3NO2. The molecule has 1 aliphatic rings. The molecule has 1 aromatic carbocycles. The fraction of sp³-hybridized carbons (Fsp3) is 0.538. The number of halogens is 3. The van der Waals surface area contributed by atoms with Crippen molar-refractivity contribution >= 4 is 0 Å². The molecule has 0 saturated carbocycles. The molecule has 3 nitrogen and oxygen atoms in total. The molecule has 0 bridgehead atoms. The minimum absolute atomic E-state index is 0.126. The average Bonchev–Trinajstić information content (AvgIpc) is 2.75. The fourth-order valence-corrected chi connectivity index (χ4v) is 2.27. The first kappa shape index (κ1) is 14.3. The molecule has 1 saturated heterocycles. The number of benzene rings is 1. The van der Waals surface area contributed by atoms with Crippen molar-refractivity contribution < 1.29 is 23.0 Å². The lowest BCUT2D eigenvalue weighted by atomic mass is 10.1. The van der Waals surface area contributed by atoms with E-state index in [-0.39, 0.29) is 24.8 Å². The summed E-state index contributed by atoms with van der Waals surface area (Å²) in [6.07, 6.45) is -5.01. The van der Waals surface area contributed by atoms with Gasteiger partial charge in [0.25, 0.3) is 0 Å². The van der Waals surface area contributed by atoms with Gasteiger partial charge in [0.2, 0.25) is 0 Å². The predicted octanol–water partition coefficient (Wildman–Crippen LogP) is 1.90. The Hall–Kier alpha value is -1.11. The second-order valence-corrected chi connectivity index (χ2v) is 4.74. The number of rotatable bonds is 3. The third-order valence-electron chi connectivity index (χ3n) is 3.33. The summed E-state index contributed by atoms with van der Waals surface area (Å²) < 4.78 is 43.7. The van der Waals surface area contributed by atoms with Crippen LogP contribution in [0.1, 0.15) is 11.1 Å². The van der Waals surface area contributed by atoms with Crippen LogP contribution in [-0.4, -0.2) is 42.4 Å². The van der Waals surface area contributed by atoms with Crippen molar-refractivity contribution in [1.29, 1.82) is 0 Å². The smallest absolute Gasteiger partial charge is 0.389 e. The molecule has 1 N–H and O–H groups in total. The zero-order valence-corrected chi connectivity index (χ0v) is 10.5. The van der Waals surface area contributed by atoms with Crippen molar-refractivity contribution in [2.45, 2.75) is 24.9 Å². The highest BCUT2D eigenvalue weighted by atomic mass is 19.4. The van der Waals surface area contributed by atoms with Gasteiger partial charge < -0.3 is 9.84 Å². The van der Waals surface area contributed by atoms with Crippen LogP contribution in [0.3, 0.4) is 0 Å². The van der Waals surface area contributed by atoms with Gasteiger partial charge in [-0.05, 0) is 18.7 Å². The highest BCUT2D eigenvalue weighted by Crippen LogP contribution is 2.32. The van der Waals surface area contributed by atoms with E-state index in [1.54, 1.807) is 18.0 Å². The van der Waals surface area contributed by atoms with Crippen LogP contribution in [0.4, 0.5) is 13.2 Å². The molecule has 2 atom stereocenters. The van der Waals surface area contributed by atoms with E-state index < -0.39 is 17.8 Å². The fourth-order valence-electron chi connectivity index (χ4n) is 2.27. The van der Waals surface area contributed by atoms with Crippen LogP contribution >= 0.6 is 0 Å². The summed E-state index contributed by atoms with van der Waals surface area (Å²) in [6.45, 7) is 0.697. The number of likely N-dealkylation sites (N-methyl/N-ethyl adjacent to an activating group) is 1. The highest BCUT2D eigenvalue weighted by Gasteiger charge is 2.35. The normalized spacial score (nSPS) is 24.1. The van der Waals surface area contributed by atoms with Crippen LogP contribution in [0.15, 0.2) is 24.3 Å². The summed E-state index contributed by atoms with van der Waals surface area (Å²) >= 11 is 0. The number of aliphatic hydroxyl groups is 1. The van der Waals surface area contributed by atoms with E-state index in [4.69, 9.17) is 4.74 Å². The second kappa shape index (κ2) is 5.48. The molecule has 0 amide bonds. The molecule has 1 aliphatic heterocycles. The average molecular weight is 275 g/mol. The Morgan fingerprint density at radius 3 is 2.58 bits per heavy atom. The topological polar surface area (TPSA) is 32.7 Å². The van der Waals surface area contributed by atoms with Crippen LogP contribution in [-0.2, 0) is 17.5 Å². The first-order chi connectivity index (χ1) is 8.89. The number of alkyl halides is 3. The van der Waals surface area contributed by atoms with Gasteiger partial charge in [-0.1, -0.05) is 18.2 Å². The number of hydrogen-bond acceptors (Lipinski definition) is 3. The standard InChI is InChI=1S/C13H16F3NO2/c1-17(11-7-19-8-12(11)18)6-9-4-2-3-5-10(9)13(14,15)16/h2-5,11-12,18H,6-8H2,1H3/t11-,12-/m0/s1. The van der Waals surface area contributed by atoms with E-state index in [0.717, 1.165) is 6.07 Å². The summed E-state index contributed by atoms with van der Waals surface area (Å²) in [5.41, 5.74) is -0.424. The van der Waals surface area contributed by atoms with Gasteiger partial charge in [0.05, 0.1) is 30.9 Å². The molecule has 19 heavy (non-hydrogen) atoms. The van der Waals surface area contributed by atoms with Gasteiger partial charge in [-0.3, -0.25) is 4.90 Å². The van der Waals surface area contributed by atoms with Crippen molar-refractivity contribution in [3.05, 3.63) is 35.4 Å². The SMILES string of the molecule is CN(Cc1ccccc1C(F)(F)F)[C@H]1COC[C@@H]1O. The number of nitrogens with zero attached hydrogens (tertiary/aromatic N) is 1. The summed E-state index contributed by atoms with van der Waals surface area (Å²) in [5, 5.41) is 9.68. The van der Waals surface area contributed by atoms with Gasteiger partial charge in [0, 0.05) is 6.54 Å². The third kappa shape index (κ3) is 3.26. The summed E-state index contributed by atoms with van der Waals surface area (Å²) in [6, 6.07) is 5.23. The van der Waals surface area contributed by atoms with Crippen molar-refractivity contribution in [3.8, 4) is 0 Å². The van der Waals surface area contributed by atoms with Crippen LogP contribution in [0.5, 0.6) is 0 Å². The van der Waals surface area contributed by atoms with E-state index in [1.807, 2.05) is 0 Å². The van der Waals surface area contributed by atoms with Gasteiger partial charge in [0.15, 0.2) is 0 Å². The maximum Gasteiger partial charge on any atom is 0.416 e. The number of aliphatic hydroxyl groups excluding tert-OH is 1. The lowest BCUT2D eigenvalue weighted by Crippen LogP contribution is -2.40. The van der Waals surface area contributed by atoms with E-state index in [2.05, 4.69) is 0 Å². The van der Waals surface area contributed by atoms with Gasteiger partial charge in [-0.2, -0.15) is 13.2 Å². The summed E-state index contributed by atoms with van der Waals surface area (Å²) in [4.78, 5) is 1.70. The van der Waals surface area contributed by atoms with Gasteiger partial charge in [-0.15, -0.1) is 0 Å². The van der Waals surface area contributed by atoms with E-state index in [9.17, 15) is 18.3 Å². The van der Waals surface area contributed by atoms with Crippen molar-refractivity contribution in [3.63, 3.8) is 0 Å². The van der Waals surface area contributed by atoms with Gasteiger partial charge in [0.1, 0.15) is 0 Å². The summed E-state index contributed by atoms with van der Waals surface area (Å²) in [7, 11) is 1.69. The lowest BCUT2D eigenvalue weighted by molar-refractivity contribution is -0.138. The van der Waals surface area contributed by atoms with Crippen molar-refractivity contribution in [1.82, 2.24) is 4.90 Å². The Labute approximate surface area is 109 Å². The van der Waals surface area contributed by atoms with Gasteiger partial charge >= 0.3 is 6.18 Å². The molecule has 1 aromatic rings. The molecule has 0 radical (unpaired) electrons. The summed E-state index contributed by atoms with van der Waals surface area (Å²) in [5.74, 6) is 0. The van der Waals surface area contributed by atoms with Crippen molar-refractivity contribution in [2.75, 3.05) is 20.3 Å². The number of hydrogen-bond donors (Lipinski definition) is 1. The maximum absolute atomic E-state index is 12.9. The Bertz CT molecular complexity index is 436. The molecule has 0 unspecified atom stereocenters. The maximum atomic E-state index is 12.9. The molecule has 6 heteroatoms. The largest absolute Gasteiger partial charge is 0.416 e. The molecule has 1 fully saturated rings. The second-order valence-electron chi connectivity index (χ2n) is 4.74. The molecule has 106 valence electrons. The van der Waals surface area contributed by atoms with Crippen LogP contribution in [0.25, 0.3) is 0 Å². The Morgan fingerprint density at radius 2 is 2.00 bits per heavy atom. The Balaban J connectivity index is 2.15. The first-order valence-corrected chi connectivity index (χ1v) is 6.00. The zero-order chi connectivity index (χ0) is 14.0. The molecule has 0 spiro atoms. The third-order valence-corrected chi connectivity index (χ3v) is 3.33. The molecular weight excluding hydrogens is 259 g/mol. The lowest BCUT2D eigenvalue weighted by Gasteiger charge is -2.26. The van der Waals surface area contributed by atoms with E-state index >= 15 is 0 Å². The molecule has 0 aliphatic carbocycles. The minimum atomic E-state index is -4.36. The Morgan fingerprint density at radius 1 is 1.32 bits per heavy atom. The van der Waals surface area contributed by atoms with E-state index in [1.165, 1.54) is 12.1 Å². The zero-order valence-electron chi connectivity index (χ0n) is 10.5. The Kier molecular flexibility index (Phi) is 4.13. The highest BCUT2D eigenvalue weighted by molar-refractivity contribution is 5.29. The van der Waals surface area contributed by atoms with Crippen molar-refractivity contribution in [2.24, 2.45) is 0 Å². The van der Waals surface area contributed by atoms with Crippen LogP contribution in [0.2, 0.25) is 0 Å². The molecule has 2 rings (SSSR count). The quantitative estimate of drug-likeness (QED) is 0.914. The first-order valence-electron chi connectivity index (χ1n) is 6.00. The van der Waals surface area contributed by atoms with Crippen LogP contribution < -0.4 is 0 Å². The molecule has 1 heterocycles. The van der Waals surface area contributed by atoms with Crippen LogP contribution in [0, 0.1) is 0 Å². The minimum Gasteiger partial charge on any atom is -0.389 e. The monoisotopic (exact) mass is 275 g/mol. The predicted molar refractivity (Wildman–Crippen MR) is 63.5 cm³/mol. The van der Waals surface area contributed by atoms with Gasteiger partial charge in [-0.25, -0.2) is 0 Å². The number of ether oxygens (including phenoxy) is 1. The van der Waals surface area contributed by atoms with E-state index in [0.29, 0.717) is 6.61 Å².